The van der Waals surface area contributed by atoms with E-state index in [1.807, 2.05) is 6.92 Å². The van der Waals surface area contributed by atoms with Gasteiger partial charge < -0.3 is 15.0 Å². The molecule has 168 valence electrons. The third-order valence-electron chi connectivity index (χ3n) is 7.45. The van der Waals surface area contributed by atoms with Gasteiger partial charge in [0.15, 0.2) is 5.82 Å². The molecule has 2 saturated heterocycles. The fraction of sp³-hybridized carbons (Fsp3) is 0.560. The zero-order valence-electron chi connectivity index (χ0n) is 18.6. The Morgan fingerprint density at radius 2 is 1.94 bits per heavy atom. The van der Waals surface area contributed by atoms with Crippen molar-refractivity contribution in [2.24, 2.45) is 17.8 Å². The van der Waals surface area contributed by atoms with E-state index < -0.39 is 0 Å². The van der Waals surface area contributed by atoms with Crippen LogP contribution in [0, 0.1) is 41.8 Å². The van der Waals surface area contributed by atoms with Crippen LogP contribution in [0.2, 0.25) is 0 Å². The molecule has 32 heavy (non-hydrogen) atoms. The number of fused-ring (bicyclic) bond motifs is 1. The Kier molecular flexibility index (Phi) is 6.07. The van der Waals surface area contributed by atoms with Crippen LogP contribution in [-0.2, 0) is 4.74 Å². The van der Waals surface area contributed by atoms with Gasteiger partial charge in [0.2, 0.25) is 0 Å². The Morgan fingerprint density at radius 3 is 2.62 bits per heavy atom. The monoisotopic (exact) mass is 435 g/mol. The lowest BCUT2D eigenvalue weighted by Crippen LogP contribution is -2.32. The highest BCUT2D eigenvalue weighted by Gasteiger charge is 2.41. The molecule has 1 N–H and O–H groups in total. The van der Waals surface area contributed by atoms with Gasteiger partial charge in [0.25, 0.3) is 0 Å². The van der Waals surface area contributed by atoms with E-state index in [1.54, 1.807) is 12.1 Å². The highest BCUT2D eigenvalue weighted by molar-refractivity contribution is 5.69. The van der Waals surface area contributed by atoms with Crippen LogP contribution in [0.25, 0.3) is 11.3 Å². The standard InChI is InChI=1S/C25H30FN5O/c1-16-23(12-27)25(30-29-24(16)18-3-2-4-21(26)9-18)28-22-10-19-14-31(15-20(19)11-22)13-17-5-7-32-8-6-17/h2-4,9,17,19-20,22H,5-8,10-11,13-15H2,1H3,(H,28,30)/t19-,20+,22-. The maximum atomic E-state index is 13.7. The van der Waals surface area contributed by atoms with E-state index in [0.717, 1.165) is 37.5 Å². The van der Waals surface area contributed by atoms with Gasteiger partial charge in [-0.25, -0.2) is 4.39 Å². The summed E-state index contributed by atoms with van der Waals surface area (Å²) >= 11 is 0. The molecule has 1 aromatic carbocycles. The molecule has 1 aromatic heterocycles. The second-order valence-corrected chi connectivity index (χ2v) is 9.63. The molecule has 0 amide bonds. The number of nitrogens with zero attached hydrogens (tertiary/aromatic N) is 4. The summed E-state index contributed by atoms with van der Waals surface area (Å²) in [5, 5.41) is 22.0. The van der Waals surface area contributed by atoms with E-state index in [0.29, 0.717) is 40.5 Å². The van der Waals surface area contributed by atoms with Crippen molar-refractivity contribution in [1.82, 2.24) is 15.1 Å². The zero-order chi connectivity index (χ0) is 22.1. The van der Waals surface area contributed by atoms with Gasteiger partial charge in [-0.2, -0.15) is 5.26 Å². The minimum Gasteiger partial charge on any atom is -0.381 e. The molecule has 3 atom stereocenters. The van der Waals surface area contributed by atoms with Crippen molar-refractivity contribution in [1.29, 1.82) is 5.26 Å². The van der Waals surface area contributed by atoms with Crippen LogP contribution in [0.15, 0.2) is 24.3 Å². The van der Waals surface area contributed by atoms with E-state index in [-0.39, 0.29) is 5.82 Å². The van der Waals surface area contributed by atoms with E-state index in [2.05, 4.69) is 26.5 Å². The van der Waals surface area contributed by atoms with Gasteiger partial charge in [-0.1, -0.05) is 12.1 Å². The van der Waals surface area contributed by atoms with Crippen molar-refractivity contribution in [3.63, 3.8) is 0 Å². The summed E-state index contributed by atoms with van der Waals surface area (Å²) in [5.74, 6) is 2.42. The lowest BCUT2D eigenvalue weighted by atomic mass is 10.00. The normalized spacial score (nSPS) is 26.1. The summed E-state index contributed by atoms with van der Waals surface area (Å²) < 4.78 is 19.2. The van der Waals surface area contributed by atoms with Gasteiger partial charge in [-0.15, -0.1) is 10.2 Å². The van der Waals surface area contributed by atoms with E-state index in [1.165, 1.54) is 44.6 Å². The molecule has 3 heterocycles. The second kappa shape index (κ2) is 9.13. The first-order valence-corrected chi connectivity index (χ1v) is 11.7. The minimum absolute atomic E-state index is 0.316. The molecule has 2 aromatic rings. The first-order valence-electron chi connectivity index (χ1n) is 11.7. The number of nitrogens with one attached hydrogen (secondary N) is 1. The van der Waals surface area contributed by atoms with Gasteiger partial charge in [-0.3, -0.25) is 0 Å². The van der Waals surface area contributed by atoms with Gasteiger partial charge in [0.1, 0.15) is 17.4 Å². The number of anilines is 1. The van der Waals surface area contributed by atoms with Gasteiger partial charge in [0.05, 0.1) is 5.69 Å². The van der Waals surface area contributed by atoms with Crippen molar-refractivity contribution in [3.8, 4) is 17.3 Å². The average molecular weight is 436 g/mol. The summed E-state index contributed by atoms with van der Waals surface area (Å²) in [5.41, 5.74) is 2.42. The van der Waals surface area contributed by atoms with Crippen LogP contribution in [0.3, 0.4) is 0 Å². The topological polar surface area (TPSA) is 74.1 Å². The van der Waals surface area contributed by atoms with Crippen LogP contribution >= 0.6 is 0 Å². The zero-order valence-corrected chi connectivity index (χ0v) is 18.6. The molecule has 5 rings (SSSR count). The molecule has 3 aliphatic rings. The summed E-state index contributed by atoms with van der Waals surface area (Å²) in [6, 6.07) is 8.86. The molecule has 6 nitrogen and oxygen atoms in total. The molecule has 7 heteroatoms. The fourth-order valence-corrected chi connectivity index (χ4v) is 5.82. The summed E-state index contributed by atoms with van der Waals surface area (Å²) in [7, 11) is 0. The van der Waals surface area contributed by atoms with Crippen molar-refractivity contribution >= 4 is 5.82 Å². The summed E-state index contributed by atoms with van der Waals surface area (Å²) in [6.45, 7) is 7.24. The minimum atomic E-state index is -0.326. The predicted molar refractivity (Wildman–Crippen MR) is 120 cm³/mol. The quantitative estimate of drug-likeness (QED) is 0.765. The predicted octanol–water partition coefficient (Wildman–Crippen LogP) is 4.01. The number of likely N-dealkylation sites (tertiary alicyclic amines) is 1. The number of hydrogen-bond acceptors (Lipinski definition) is 6. The number of hydrogen-bond donors (Lipinski definition) is 1. The van der Waals surface area contributed by atoms with Crippen molar-refractivity contribution in [3.05, 3.63) is 41.2 Å². The van der Waals surface area contributed by atoms with Crippen LogP contribution in [0.5, 0.6) is 0 Å². The van der Waals surface area contributed by atoms with Crippen molar-refractivity contribution in [2.75, 3.05) is 38.2 Å². The molecule has 0 spiro atoms. The van der Waals surface area contributed by atoms with Crippen molar-refractivity contribution in [2.45, 2.75) is 38.6 Å². The molecular formula is C25H30FN5O. The van der Waals surface area contributed by atoms with Crippen LogP contribution in [0.1, 0.15) is 36.8 Å². The molecule has 1 aliphatic carbocycles. The Bertz CT molecular complexity index is 1000. The number of halogens is 1. The Morgan fingerprint density at radius 1 is 1.19 bits per heavy atom. The number of rotatable bonds is 5. The summed E-state index contributed by atoms with van der Waals surface area (Å²) in [6.07, 6.45) is 4.59. The molecule has 3 fully saturated rings. The van der Waals surface area contributed by atoms with E-state index in [9.17, 15) is 9.65 Å². The largest absolute Gasteiger partial charge is 0.381 e. The summed E-state index contributed by atoms with van der Waals surface area (Å²) in [4.78, 5) is 2.65. The first kappa shape index (κ1) is 21.3. The van der Waals surface area contributed by atoms with E-state index >= 15 is 0 Å². The third kappa shape index (κ3) is 4.35. The highest BCUT2D eigenvalue weighted by Crippen LogP contribution is 2.40. The molecule has 1 saturated carbocycles. The van der Waals surface area contributed by atoms with Gasteiger partial charge >= 0.3 is 0 Å². The van der Waals surface area contributed by atoms with Gasteiger partial charge in [0, 0.05) is 44.5 Å². The number of benzene rings is 1. The number of nitriles is 1. The molecule has 2 aliphatic heterocycles. The maximum Gasteiger partial charge on any atom is 0.167 e. The van der Waals surface area contributed by atoms with E-state index in [4.69, 9.17) is 4.74 Å². The Labute approximate surface area is 188 Å². The third-order valence-corrected chi connectivity index (χ3v) is 7.45. The van der Waals surface area contributed by atoms with Crippen LogP contribution in [0.4, 0.5) is 10.2 Å². The van der Waals surface area contributed by atoms with Crippen molar-refractivity contribution < 1.29 is 9.13 Å². The Balaban J connectivity index is 1.23. The molecular weight excluding hydrogens is 405 g/mol. The first-order chi connectivity index (χ1) is 15.6. The smallest absolute Gasteiger partial charge is 0.167 e. The second-order valence-electron chi connectivity index (χ2n) is 9.63. The highest BCUT2D eigenvalue weighted by atomic mass is 19.1. The number of ether oxygens (including phenoxy) is 1. The van der Waals surface area contributed by atoms with Gasteiger partial charge in [-0.05, 0) is 68.1 Å². The fourth-order valence-electron chi connectivity index (χ4n) is 5.82. The molecule has 0 unspecified atom stereocenters. The lowest BCUT2D eigenvalue weighted by molar-refractivity contribution is 0.0545. The lowest BCUT2D eigenvalue weighted by Gasteiger charge is -2.27. The number of aromatic nitrogens is 2. The molecule has 0 bridgehead atoms. The average Bonchev–Trinajstić information content (AvgIpc) is 3.32. The molecule has 0 radical (unpaired) electrons. The maximum absolute atomic E-state index is 13.7. The Hall–Kier alpha value is -2.56. The van der Waals surface area contributed by atoms with Crippen LogP contribution in [-0.4, -0.2) is 54.0 Å². The van der Waals surface area contributed by atoms with Crippen LogP contribution < -0.4 is 5.32 Å². The SMILES string of the molecule is Cc1c(-c2cccc(F)c2)nnc(N[C@@H]2C[C@@H]3CN(CC4CCOCC4)C[C@@H]3C2)c1C#N.